The fourth-order valence-electron chi connectivity index (χ4n) is 6.39. The molecule has 5 aromatic carbocycles. The fourth-order valence-corrected chi connectivity index (χ4v) is 6.39. The molecule has 1 aliphatic carbocycles. The molecule has 0 N–H and O–H groups in total. The third-order valence-electron chi connectivity index (χ3n) is 8.65. The van der Waals surface area contributed by atoms with Crippen LogP contribution in [-0.4, -0.2) is 15.0 Å². The zero-order valence-corrected chi connectivity index (χ0v) is 23.7. The Bertz CT molecular complexity index is 1700. The molecule has 1 aromatic heterocycles. The van der Waals surface area contributed by atoms with E-state index in [-0.39, 0.29) is 5.41 Å². The van der Waals surface area contributed by atoms with E-state index in [9.17, 15) is 0 Å². The van der Waals surface area contributed by atoms with Gasteiger partial charge in [-0.25, -0.2) is 15.0 Å². The van der Waals surface area contributed by atoms with Crippen LogP contribution in [0.4, 0.5) is 0 Å². The van der Waals surface area contributed by atoms with Crippen LogP contribution in [0.2, 0.25) is 0 Å². The maximum atomic E-state index is 4.93. The summed E-state index contributed by atoms with van der Waals surface area (Å²) in [5.41, 5.74) is 8.29. The summed E-state index contributed by atoms with van der Waals surface area (Å²) in [6.45, 7) is 0. The molecule has 0 unspecified atom stereocenters. The zero-order chi connectivity index (χ0) is 28.2. The van der Waals surface area contributed by atoms with Crippen LogP contribution in [0.15, 0.2) is 140 Å². The summed E-state index contributed by atoms with van der Waals surface area (Å²) >= 11 is 0. The second-order valence-electron chi connectivity index (χ2n) is 11.2. The van der Waals surface area contributed by atoms with Gasteiger partial charge >= 0.3 is 0 Å². The number of benzene rings is 5. The lowest BCUT2D eigenvalue weighted by molar-refractivity contribution is 0.346. The van der Waals surface area contributed by atoms with E-state index < -0.39 is 0 Å². The van der Waals surface area contributed by atoms with Crippen molar-refractivity contribution in [3.05, 3.63) is 151 Å². The quantitative estimate of drug-likeness (QED) is 0.210. The van der Waals surface area contributed by atoms with Gasteiger partial charge in [0, 0.05) is 22.1 Å². The van der Waals surface area contributed by atoms with E-state index in [2.05, 4.69) is 78.9 Å². The molecule has 1 heterocycles. The summed E-state index contributed by atoms with van der Waals surface area (Å²) in [5, 5.41) is 0. The molecule has 0 atom stereocenters. The maximum absolute atomic E-state index is 4.93. The van der Waals surface area contributed by atoms with Gasteiger partial charge in [-0.15, -0.1) is 0 Å². The summed E-state index contributed by atoms with van der Waals surface area (Å²) in [6, 6.07) is 49.2. The van der Waals surface area contributed by atoms with E-state index in [0.717, 1.165) is 16.7 Å². The molecule has 0 aliphatic heterocycles. The molecule has 204 valence electrons. The number of rotatable bonds is 6. The molecular formula is C39H33N3. The van der Waals surface area contributed by atoms with E-state index >= 15 is 0 Å². The largest absolute Gasteiger partial charge is 0.208 e. The summed E-state index contributed by atoms with van der Waals surface area (Å²) in [7, 11) is 0. The maximum Gasteiger partial charge on any atom is 0.164 e. The Morgan fingerprint density at radius 3 is 1.10 bits per heavy atom. The van der Waals surface area contributed by atoms with Crippen molar-refractivity contribution in [2.24, 2.45) is 0 Å². The van der Waals surface area contributed by atoms with Crippen molar-refractivity contribution in [1.82, 2.24) is 15.0 Å². The summed E-state index contributed by atoms with van der Waals surface area (Å²) in [4.78, 5) is 14.7. The van der Waals surface area contributed by atoms with Crippen molar-refractivity contribution < 1.29 is 0 Å². The first-order valence-electron chi connectivity index (χ1n) is 14.9. The van der Waals surface area contributed by atoms with Gasteiger partial charge in [0.1, 0.15) is 0 Å². The molecule has 0 radical (unpaired) electrons. The van der Waals surface area contributed by atoms with Crippen molar-refractivity contribution in [1.29, 1.82) is 0 Å². The second-order valence-corrected chi connectivity index (χ2v) is 11.2. The topological polar surface area (TPSA) is 38.7 Å². The molecule has 3 nitrogen and oxygen atoms in total. The van der Waals surface area contributed by atoms with E-state index in [1.54, 1.807) is 0 Å². The van der Waals surface area contributed by atoms with Gasteiger partial charge < -0.3 is 0 Å². The van der Waals surface area contributed by atoms with Crippen molar-refractivity contribution in [2.45, 2.75) is 37.5 Å². The lowest BCUT2D eigenvalue weighted by atomic mass is 9.65. The van der Waals surface area contributed by atoms with Crippen LogP contribution in [0.1, 0.15) is 43.2 Å². The smallest absolute Gasteiger partial charge is 0.164 e. The highest BCUT2D eigenvalue weighted by Gasteiger charge is 2.35. The van der Waals surface area contributed by atoms with Crippen LogP contribution < -0.4 is 0 Å². The van der Waals surface area contributed by atoms with Crippen LogP contribution >= 0.6 is 0 Å². The fraction of sp³-hybridized carbons (Fsp3) is 0.154. The van der Waals surface area contributed by atoms with Gasteiger partial charge in [-0.05, 0) is 35.1 Å². The van der Waals surface area contributed by atoms with Crippen LogP contribution in [0, 0.1) is 0 Å². The molecule has 0 saturated heterocycles. The molecule has 0 spiro atoms. The first-order chi connectivity index (χ1) is 20.8. The first-order valence-corrected chi connectivity index (χ1v) is 14.9. The minimum Gasteiger partial charge on any atom is -0.208 e. The molecule has 0 bridgehead atoms. The molecule has 1 saturated carbocycles. The number of hydrogen-bond acceptors (Lipinski definition) is 3. The number of nitrogens with zero attached hydrogens (tertiary/aromatic N) is 3. The Balaban J connectivity index is 1.26. The molecule has 1 fully saturated rings. The Kier molecular flexibility index (Phi) is 7.15. The van der Waals surface area contributed by atoms with E-state index in [1.807, 2.05) is 60.7 Å². The van der Waals surface area contributed by atoms with Crippen molar-refractivity contribution >= 4 is 0 Å². The average Bonchev–Trinajstić information content (AvgIpc) is 3.10. The standard InChI is InChI=1S/C39H33N3/c1-5-13-29(14-6-1)30-19-23-34(24-20-30)39(27-11-4-12-28-39)35-25-21-33(22-26-35)38-41-36(31-15-7-2-8-16-31)40-37(42-38)32-17-9-3-10-18-32/h1-3,5-10,13-26H,4,11-12,27-28H2. The minimum atomic E-state index is 0.0233. The van der Waals surface area contributed by atoms with Crippen LogP contribution in [0.25, 0.3) is 45.3 Å². The van der Waals surface area contributed by atoms with Gasteiger partial charge in [-0.1, -0.05) is 159 Å². The summed E-state index contributed by atoms with van der Waals surface area (Å²) < 4.78 is 0. The molecule has 1 aliphatic rings. The van der Waals surface area contributed by atoms with Gasteiger partial charge in [0.05, 0.1) is 0 Å². The summed E-state index contributed by atoms with van der Waals surface area (Å²) in [5.74, 6) is 2.07. The highest BCUT2D eigenvalue weighted by Crippen LogP contribution is 2.45. The van der Waals surface area contributed by atoms with E-state index in [4.69, 9.17) is 15.0 Å². The molecule has 6 aromatic rings. The Hall–Kier alpha value is -4.89. The predicted molar refractivity (Wildman–Crippen MR) is 172 cm³/mol. The molecule has 42 heavy (non-hydrogen) atoms. The first kappa shape index (κ1) is 26.0. The Labute approximate surface area is 248 Å². The van der Waals surface area contributed by atoms with E-state index in [0.29, 0.717) is 17.5 Å². The molecular weight excluding hydrogens is 510 g/mol. The van der Waals surface area contributed by atoms with E-state index in [1.165, 1.54) is 54.4 Å². The van der Waals surface area contributed by atoms with Gasteiger partial charge in [0.25, 0.3) is 0 Å². The van der Waals surface area contributed by atoms with Crippen molar-refractivity contribution in [3.63, 3.8) is 0 Å². The van der Waals surface area contributed by atoms with Gasteiger partial charge in [-0.3, -0.25) is 0 Å². The molecule has 7 rings (SSSR count). The third kappa shape index (κ3) is 5.14. The Morgan fingerprint density at radius 1 is 0.333 bits per heavy atom. The number of aromatic nitrogens is 3. The minimum absolute atomic E-state index is 0.0233. The number of hydrogen-bond donors (Lipinski definition) is 0. The highest BCUT2D eigenvalue weighted by atomic mass is 15.0. The average molecular weight is 544 g/mol. The highest BCUT2D eigenvalue weighted by molar-refractivity contribution is 5.67. The Morgan fingerprint density at radius 2 is 0.667 bits per heavy atom. The second kappa shape index (κ2) is 11.5. The lowest BCUT2D eigenvalue weighted by Crippen LogP contribution is -2.30. The van der Waals surface area contributed by atoms with Gasteiger partial charge in [-0.2, -0.15) is 0 Å². The zero-order valence-electron chi connectivity index (χ0n) is 23.7. The SMILES string of the molecule is c1ccc(-c2ccc(C3(c4ccc(-c5nc(-c6ccccc6)nc(-c6ccccc6)n5)cc4)CCCCC3)cc2)cc1. The normalized spacial score (nSPS) is 14.4. The van der Waals surface area contributed by atoms with Crippen molar-refractivity contribution in [2.75, 3.05) is 0 Å². The summed E-state index contributed by atoms with van der Waals surface area (Å²) in [6.07, 6.45) is 6.13. The molecule has 3 heteroatoms. The van der Waals surface area contributed by atoms with Crippen molar-refractivity contribution in [3.8, 4) is 45.3 Å². The molecule has 0 amide bonds. The van der Waals surface area contributed by atoms with Gasteiger partial charge in [0.2, 0.25) is 0 Å². The third-order valence-corrected chi connectivity index (χ3v) is 8.65. The van der Waals surface area contributed by atoms with Gasteiger partial charge in [0.15, 0.2) is 17.5 Å². The van der Waals surface area contributed by atoms with Crippen LogP contribution in [0.5, 0.6) is 0 Å². The van der Waals surface area contributed by atoms with Crippen LogP contribution in [0.3, 0.4) is 0 Å². The van der Waals surface area contributed by atoms with Crippen LogP contribution in [-0.2, 0) is 5.41 Å². The lowest BCUT2D eigenvalue weighted by Gasteiger charge is -2.39. The predicted octanol–water partition coefficient (Wildman–Crippen LogP) is 9.79. The monoisotopic (exact) mass is 543 g/mol.